The second-order valence-electron chi connectivity index (χ2n) is 5.34. The highest BCUT2D eigenvalue weighted by molar-refractivity contribution is 6.32. The summed E-state index contributed by atoms with van der Waals surface area (Å²) >= 11 is 11.9. The summed E-state index contributed by atoms with van der Waals surface area (Å²) in [5.41, 5.74) is 0.783. The monoisotopic (exact) mass is 286 g/mol. The van der Waals surface area contributed by atoms with Gasteiger partial charge in [0.1, 0.15) is 5.82 Å². The smallest absolute Gasteiger partial charge is 0.129 e. The Morgan fingerprint density at radius 1 is 1.39 bits per heavy atom. The Labute approximate surface area is 119 Å². The van der Waals surface area contributed by atoms with E-state index in [2.05, 4.69) is 23.7 Å². The zero-order valence-electron chi connectivity index (χ0n) is 11.0. The van der Waals surface area contributed by atoms with Crippen LogP contribution in [0.3, 0.4) is 0 Å². The Kier molecular flexibility index (Phi) is 4.74. The van der Waals surface area contributed by atoms with Gasteiger partial charge in [0, 0.05) is 12.6 Å². The van der Waals surface area contributed by atoms with Crippen LogP contribution < -0.4 is 4.90 Å². The normalized spacial score (nSPS) is 15.2. The number of alkyl halides is 1. The van der Waals surface area contributed by atoms with Gasteiger partial charge in [-0.3, -0.25) is 0 Å². The molecule has 0 bridgehead atoms. The van der Waals surface area contributed by atoms with Crippen molar-refractivity contribution in [3.63, 3.8) is 0 Å². The predicted molar refractivity (Wildman–Crippen MR) is 78.6 cm³/mol. The number of halogens is 2. The van der Waals surface area contributed by atoms with Gasteiger partial charge in [0.25, 0.3) is 0 Å². The molecule has 0 radical (unpaired) electrons. The van der Waals surface area contributed by atoms with E-state index >= 15 is 0 Å². The summed E-state index contributed by atoms with van der Waals surface area (Å²) in [7, 11) is 0. The third-order valence-corrected chi connectivity index (χ3v) is 3.86. The highest BCUT2D eigenvalue weighted by atomic mass is 35.5. The van der Waals surface area contributed by atoms with Crippen molar-refractivity contribution in [2.75, 3.05) is 11.4 Å². The fourth-order valence-electron chi connectivity index (χ4n) is 1.99. The molecule has 4 heteroatoms. The number of aromatic nitrogens is 1. The van der Waals surface area contributed by atoms with Gasteiger partial charge in [0.2, 0.25) is 0 Å². The SMILES string of the molecule is CC(C)CCN(c1ccc(Cl)c(CCl)n1)C1CC1. The lowest BCUT2D eigenvalue weighted by molar-refractivity contribution is 0.568. The first-order valence-electron chi connectivity index (χ1n) is 6.60. The van der Waals surface area contributed by atoms with E-state index in [4.69, 9.17) is 23.2 Å². The Bertz CT molecular complexity index is 403. The number of anilines is 1. The van der Waals surface area contributed by atoms with Gasteiger partial charge in [-0.2, -0.15) is 0 Å². The van der Waals surface area contributed by atoms with Gasteiger partial charge in [-0.25, -0.2) is 4.98 Å². The van der Waals surface area contributed by atoms with Gasteiger partial charge in [0.05, 0.1) is 16.6 Å². The van der Waals surface area contributed by atoms with Crippen molar-refractivity contribution in [3.8, 4) is 0 Å². The summed E-state index contributed by atoms with van der Waals surface area (Å²) in [6.45, 7) is 5.58. The van der Waals surface area contributed by atoms with E-state index < -0.39 is 0 Å². The van der Waals surface area contributed by atoms with Crippen LogP contribution in [0.4, 0.5) is 5.82 Å². The first kappa shape index (κ1) is 14.0. The maximum Gasteiger partial charge on any atom is 0.129 e. The molecule has 0 unspecified atom stereocenters. The number of rotatable bonds is 6. The Balaban J connectivity index is 2.14. The molecule has 1 aliphatic carbocycles. The summed E-state index contributed by atoms with van der Waals surface area (Å²) in [4.78, 5) is 7.00. The van der Waals surface area contributed by atoms with Gasteiger partial charge >= 0.3 is 0 Å². The van der Waals surface area contributed by atoms with E-state index in [1.54, 1.807) is 0 Å². The molecular formula is C14H20Cl2N2. The quantitative estimate of drug-likeness (QED) is 0.717. The van der Waals surface area contributed by atoms with E-state index in [0.29, 0.717) is 22.9 Å². The van der Waals surface area contributed by atoms with Gasteiger partial charge < -0.3 is 4.90 Å². The maximum atomic E-state index is 6.06. The standard InChI is InChI=1S/C14H20Cl2N2/c1-10(2)7-8-18(11-3-4-11)14-6-5-12(16)13(9-15)17-14/h5-6,10-11H,3-4,7-9H2,1-2H3. The predicted octanol–water partition coefficient (Wildman–Crippen LogP) is 4.49. The maximum absolute atomic E-state index is 6.06. The van der Waals surface area contributed by atoms with Gasteiger partial charge in [0.15, 0.2) is 0 Å². The van der Waals surface area contributed by atoms with Crippen LogP contribution >= 0.6 is 23.2 Å². The van der Waals surface area contributed by atoms with Crippen molar-refractivity contribution < 1.29 is 0 Å². The lowest BCUT2D eigenvalue weighted by Crippen LogP contribution is -2.28. The molecule has 1 aromatic heterocycles. The molecule has 0 atom stereocenters. The third kappa shape index (κ3) is 3.52. The highest BCUT2D eigenvalue weighted by Crippen LogP contribution is 2.32. The van der Waals surface area contributed by atoms with Crippen LogP contribution in [0.15, 0.2) is 12.1 Å². The Morgan fingerprint density at radius 2 is 2.11 bits per heavy atom. The molecule has 100 valence electrons. The summed E-state index contributed by atoms with van der Waals surface area (Å²) in [5, 5.41) is 0.661. The van der Waals surface area contributed by atoms with Crippen LogP contribution in [0.1, 0.15) is 38.8 Å². The number of pyridine rings is 1. The van der Waals surface area contributed by atoms with Crippen molar-refractivity contribution in [3.05, 3.63) is 22.8 Å². The molecule has 0 saturated heterocycles. The van der Waals surface area contributed by atoms with Crippen LogP contribution in [0.5, 0.6) is 0 Å². The first-order valence-corrected chi connectivity index (χ1v) is 7.51. The zero-order valence-corrected chi connectivity index (χ0v) is 12.5. The zero-order chi connectivity index (χ0) is 13.1. The largest absolute Gasteiger partial charge is 0.354 e. The minimum Gasteiger partial charge on any atom is -0.354 e. The molecule has 1 saturated carbocycles. The molecule has 1 heterocycles. The second-order valence-corrected chi connectivity index (χ2v) is 6.01. The lowest BCUT2D eigenvalue weighted by Gasteiger charge is -2.25. The van der Waals surface area contributed by atoms with Crippen molar-refractivity contribution >= 4 is 29.0 Å². The fourth-order valence-corrected chi connectivity index (χ4v) is 2.44. The Morgan fingerprint density at radius 3 is 2.67 bits per heavy atom. The second kappa shape index (κ2) is 6.12. The van der Waals surface area contributed by atoms with Gasteiger partial charge in [-0.1, -0.05) is 25.4 Å². The van der Waals surface area contributed by atoms with Crippen LogP contribution in [-0.2, 0) is 5.88 Å². The van der Waals surface area contributed by atoms with E-state index in [-0.39, 0.29) is 0 Å². The highest BCUT2D eigenvalue weighted by Gasteiger charge is 2.30. The summed E-state index contributed by atoms with van der Waals surface area (Å²) < 4.78 is 0. The summed E-state index contributed by atoms with van der Waals surface area (Å²) in [5.74, 6) is 2.11. The molecule has 18 heavy (non-hydrogen) atoms. The van der Waals surface area contributed by atoms with Crippen molar-refractivity contribution in [2.45, 2.75) is 45.0 Å². The average molecular weight is 287 g/mol. The molecule has 0 aromatic carbocycles. The van der Waals surface area contributed by atoms with Crippen LogP contribution in [0.25, 0.3) is 0 Å². The third-order valence-electron chi connectivity index (χ3n) is 3.26. The van der Waals surface area contributed by atoms with Crippen LogP contribution in [0, 0.1) is 5.92 Å². The van der Waals surface area contributed by atoms with Crippen molar-refractivity contribution in [2.24, 2.45) is 5.92 Å². The lowest BCUT2D eigenvalue weighted by atomic mass is 10.1. The summed E-state index contributed by atoms with van der Waals surface area (Å²) in [6.07, 6.45) is 3.74. The van der Waals surface area contributed by atoms with Crippen LogP contribution in [0.2, 0.25) is 5.02 Å². The molecular weight excluding hydrogens is 267 g/mol. The molecule has 0 N–H and O–H groups in total. The van der Waals surface area contributed by atoms with Crippen molar-refractivity contribution in [1.82, 2.24) is 4.98 Å². The molecule has 2 nitrogen and oxygen atoms in total. The average Bonchev–Trinajstić information content (AvgIpc) is 3.15. The molecule has 0 aliphatic heterocycles. The Hall–Kier alpha value is -0.470. The number of nitrogens with zero attached hydrogens (tertiary/aromatic N) is 2. The molecule has 2 rings (SSSR count). The molecule has 1 fully saturated rings. The summed E-state index contributed by atoms with van der Waals surface area (Å²) in [6, 6.07) is 4.59. The van der Waals surface area contributed by atoms with E-state index in [0.717, 1.165) is 18.1 Å². The minimum absolute atomic E-state index is 0.370. The van der Waals surface area contributed by atoms with Crippen LogP contribution in [-0.4, -0.2) is 17.6 Å². The number of hydrogen-bond donors (Lipinski definition) is 0. The molecule has 1 aliphatic rings. The van der Waals surface area contributed by atoms with E-state index in [9.17, 15) is 0 Å². The van der Waals surface area contributed by atoms with Gasteiger partial charge in [-0.05, 0) is 37.3 Å². The van der Waals surface area contributed by atoms with E-state index in [1.807, 2.05) is 12.1 Å². The van der Waals surface area contributed by atoms with Gasteiger partial charge in [-0.15, -0.1) is 11.6 Å². The minimum atomic E-state index is 0.370. The first-order chi connectivity index (χ1) is 8.61. The topological polar surface area (TPSA) is 16.1 Å². The molecule has 0 spiro atoms. The number of hydrogen-bond acceptors (Lipinski definition) is 2. The van der Waals surface area contributed by atoms with E-state index in [1.165, 1.54) is 19.3 Å². The fraction of sp³-hybridized carbons (Fsp3) is 0.643. The molecule has 0 amide bonds. The molecule has 1 aromatic rings. The van der Waals surface area contributed by atoms with Crippen molar-refractivity contribution in [1.29, 1.82) is 0 Å².